The Morgan fingerprint density at radius 1 is 0.939 bits per heavy atom. The van der Waals surface area contributed by atoms with Crippen LogP contribution in [0.4, 0.5) is 5.69 Å². The Labute approximate surface area is 192 Å². The minimum absolute atomic E-state index is 0.284. The lowest BCUT2D eigenvalue weighted by Crippen LogP contribution is -2.32. The molecule has 0 radical (unpaired) electrons. The van der Waals surface area contributed by atoms with Gasteiger partial charge in [0, 0.05) is 16.9 Å². The number of aryl methyl sites for hydroxylation is 2. The normalized spacial score (nSPS) is 11.5. The quantitative estimate of drug-likeness (QED) is 0.492. The van der Waals surface area contributed by atoms with Gasteiger partial charge >= 0.3 is 11.9 Å². The molecule has 1 heterocycles. The minimum Gasteiger partial charge on any atom is -0.462 e. The standard InChI is InChI=1S/C25H27N3O5/c1-5-21(23(29)28-20-13-11-18(12-14-20)24(30)32-6-2)33-25(31)19-9-7-17(8-10-19)22-26-15(3)16(4)27-22/h7-14,21H,5-6H2,1-4H3,(H,26,27)(H,28,29). The van der Waals surface area contributed by atoms with Crippen molar-refractivity contribution < 1.29 is 23.9 Å². The molecule has 0 saturated heterocycles. The van der Waals surface area contributed by atoms with Gasteiger partial charge in [0.15, 0.2) is 6.10 Å². The summed E-state index contributed by atoms with van der Waals surface area (Å²) in [6, 6.07) is 13.1. The number of benzene rings is 2. The molecule has 1 aromatic heterocycles. The summed E-state index contributed by atoms with van der Waals surface area (Å²) in [5.41, 5.74) is 3.96. The van der Waals surface area contributed by atoms with Gasteiger partial charge in [0.25, 0.3) is 5.91 Å². The maximum absolute atomic E-state index is 12.6. The number of hydrogen-bond donors (Lipinski definition) is 2. The topological polar surface area (TPSA) is 110 Å². The highest BCUT2D eigenvalue weighted by Gasteiger charge is 2.22. The van der Waals surface area contributed by atoms with Gasteiger partial charge in [-0.25, -0.2) is 14.6 Å². The molecule has 1 amide bonds. The van der Waals surface area contributed by atoms with Crippen molar-refractivity contribution in [3.63, 3.8) is 0 Å². The molecular formula is C25H27N3O5. The molecule has 8 nitrogen and oxygen atoms in total. The number of hydrogen-bond acceptors (Lipinski definition) is 6. The molecule has 2 N–H and O–H groups in total. The van der Waals surface area contributed by atoms with Crippen LogP contribution in [-0.4, -0.2) is 40.5 Å². The average Bonchev–Trinajstić information content (AvgIpc) is 3.16. The van der Waals surface area contributed by atoms with Crippen LogP contribution in [0.15, 0.2) is 48.5 Å². The largest absolute Gasteiger partial charge is 0.462 e. The smallest absolute Gasteiger partial charge is 0.338 e. The molecule has 1 unspecified atom stereocenters. The number of ether oxygens (including phenoxy) is 2. The number of amides is 1. The van der Waals surface area contributed by atoms with E-state index in [0.717, 1.165) is 22.8 Å². The van der Waals surface area contributed by atoms with Crippen LogP contribution in [0, 0.1) is 13.8 Å². The molecule has 172 valence electrons. The maximum atomic E-state index is 12.6. The molecule has 8 heteroatoms. The molecule has 0 spiro atoms. The first kappa shape index (κ1) is 23.7. The third-order valence-corrected chi connectivity index (χ3v) is 5.10. The van der Waals surface area contributed by atoms with Crippen molar-refractivity contribution in [1.82, 2.24) is 9.97 Å². The Morgan fingerprint density at radius 3 is 2.09 bits per heavy atom. The summed E-state index contributed by atoms with van der Waals surface area (Å²) < 4.78 is 10.4. The molecule has 0 aliphatic carbocycles. The molecule has 33 heavy (non-hydrogen) atoms. The van der Waals surface area contributed by atoms with E-state index in [1.165, 1.54) is 0 Å². The third kappa shape index (κ3) is 5.85. The van der Waals surface area contributed by atoms with Crippen LogP contribution in [0.5, 0.6) is 0 Å². The summed E-state index contributed by atoms with van der Waals surface area (Å²) in [6.07, 6.45) is -0.654. The molecule has 0 aliphatic rings. The lowest BCUT2D eigenvalue weighted by Gasteiger charge is -2.16. The molecule has 2 aromatic carbocycles. The Morgan fingerprint density at radius 2 is 1.55 bits per heavy atom. The monoisotopic (exact) mass is 449 g/mol. The second-order valence-electron chi connectivity index (χ2n) is 7.46. The first-order chi connectivity index (χ1) is 15.8. The number of nitrogens with zero attached hydrogens (tertiary/aromatic N) is 1. The van der Waals surface area contributed by atoms with Gasteiger partial charge in [0.1, 0.15) is 5.82 Å². The van der Waals surface area contributed by atoms with Crippen molar-refractivity contribution in [3.8, 4) is 11.4 Å². The second kappa shape index (κ2) is 10.6. The fourth-order valence-electron chi connectivity index (χ4n) is 3.09. The van der Waals surface area contributed by atoms with Crippen LogP contribution in [0.1, 0.15) is 52.4 Å². The number of aromatic amines is 1. The van der Waals surface area contributed by atoms with Crippen molar-refractivity contribution in [2.24, 2.45) is 0 Å². The number of carbonyl (C=O) groups excluding carboxylic acids is 3. The molecule has 0 saturated carbocycles. The van der Waals surface area contributed by atoms with Gasteiger partial charge in [0.2, 0.25) is 0 Å². The van der Waals surface area contributed by atoms with Gasteiger partial charge in [-0.05, 0) is 63.6 Å². The van der Waals surface area contributed by atoms with E-state index in [-0.39, 0.29) is 6.61 Å². The number of esters is 2. The Hall–Kier alpha value is -3.94. The van der Waals surface area contributed by atoms with Crippen molar-refractivity contribution in [1.29, 1.82) is 0 Å². The summed E-state index contributed by atoms with van der Waals surface area (Å²) in [4.78, 5) is 44.6. The van der Waals surface area contributed by atoms with Crippen LogP contribution in [-0.2, 0) is 14.3 Å². The SMILES string of the molecule is CCOC(=O)c1ccc(NC(=O)C(CC)OC(=O)c2ccc(-c3nc(C)c(C)[nH]3)cc2)cc1. The number of carbonyl (C=O) groups is 3. The number of H-pyrrole nitrogens is 1. The number of anilines is 1. The Bertz CT molecular complexity index is 1110. The summed E-state index contributed by atoms with van der Waals surface area (Å²) >= 11 is 0. The van der Waals surface area contributed by atoms with Gasteiger partial charge in [-0.3, -0.25) is 4.79 Å². The molecular weight excluding hydrogens is 422 g/mol. The second-order valence-corrected chi connectivity index (χ2v) is 7.46. The predicted octanol–water partition coefficient (Wildman–Crippen LogP) is 4.44. The van der Waals surface area contributed by atoms with Gasteiger partial charge in [-0.2, -0.15) is 0 Å². The first-order valence-corrected chi connectivity index (χ1v) is 10.7. The van der Waals surface area contributed by atoms with Crippen LogP contribution in [0.3, 0.4) is 0 Å². The van der Waals surface area contributed by atoms with Crippen LogP contribution in [0.25, 0.3) is 11.4 Å². The van der Waals surface area contributed by atoms with Crippen molar-refractivity contribution in [3.05, 3.63) is 71.0 Å². The molecule has 1 atom stereocenters. The van der Waals surface area contributed by atoms with E-state index >= 15 is 0 Å². The van der Waals surface area contributed by atoms with E-state index < -0.39 is 23.9 Å². The molecule has 0 aliphatic heterocycles. The average molecular weight is 450 g/mol. The molecule has 3 aromatic rings. The maximum Gasteiger partial charge on any atom is 0.338 e. The van der Waals surface area contributed by atoms with E-state index in [1.54, 1.807) is 62.4 Å². The Kier molecular flexibility index (Phi) is 7.61. The lowest BCUT2D eigenvalue weighted by atomic mass is 10.1. The molecule has 0 fully saturated rings. The fourth-order valence-corrected chi connectivity index (χ4v) is 3.09. The van der Waals surface area contributed by atoms with Crippen molar-refractivity contribution in [2.45, 2.75) is 40.2 Å². The Balaban J connectivity index is 1.61. The van der Waals surface area contributed by atoms with E-state index in [2.05, 4.69) is 15.3 Å². The summed E-state index contributed by atoms with van der Waals surface area (Å²) in [5, 5.41) is 2.71. The van der Waals surface area contributed by atoms with E-state index in [0.29, 0.717) is 23.2 Å². The van der Waals surface area contributed by atoms with Gasteiger partial charge in [-0.15, -0.1) is 0 Å². The fraction of sp³-hybridized carbons (Fsp3) is 0.280. The zero-order valence-electron chi connectivity index (χ0n) is 19.1. The zero-order chi connectivity index (χ0) is 24.0. The minimum atomic E-state index is -0.961. The number of aromatic nitrogens is 2. The van der Waals surface area contributed by atoms with Gasteiger partial charge in [-0.1, -0.05) is 19.1 Å². The van der Waals surface area contributed by atoms with Crippen LogP contribution >= 0.6 is 0 Å². The summed E-state index contributed by atoms with van der Waals surface area (Å²) in [5.74, 6) is -0.746. The zero-order valence-corrected chi connectivity index (χ0v) is 19.1. The van der Waals surface area contributed by atoms with Crippen LogP contribution < -0.4 is 5.32 Å². The van der Waals surface area contributed by atoms with Crippen molar-refractivity contribution >= 4 is 23.5 Å². The van der Waals surface area contributed by atoms with Crippen LogP contribution in [0.2, 0.25) is 0 Å². The number of nitrogens with one attached hydrogen (secondary N) is 2. The first-order valence-electron chi connectivity index (χ1n) is 10.7. The van der Waals surface area contributed by atoms with E-state index in [1.807, 2.05) is 13.8 Å². The van der Waals surface area contributed by atoms with Gasteiger partial charge < -0.3 is 19.8 Å². The molecule has 3 rings (SSSR count). The van der Waals surface area contributed by atoms with Crippen molar-refractivity contribution in [2.75, 3.05) is 11.9 Å². The highest BCUT2D eigenvalue weighted by molar-refractivity contribution is 5.98. The highest BCUT2D eigenvalue weighted by Crippen LogP contribution is 2.19. The van der Waals surface area contributed by atoms with E-state index in [9.17, 15) is 14.4 Å². The summed E-state index contributed by atoms with van der Waals surface area (Å²) in [7, 11) is 0. The van der Waals surface area contributed by atoms with E-state index in [4.69, 9.17) is 9.47 Å². The summed E-state index contributed by atoms with van der Waals surface area (Å²) in [6.45, 7) is 7.64. The number of rotatable bonds is 8. The predicted molar refractivity (Wildman–Crippen MR) is 124 cm³/mol. The highest BCUT2D eigenvalue weighted by atomic mass is 16.5. The van der Waals surface area contributed by atoms with Gasteiger partial charge in [0.05, 0.1) is 23.4 Å². The molecule has 0 bridgehead atoms. The number of imidazole rings is 1. The lowest BCUT2D eigenvalue weighted by molar-refractivity contribution is -0.124. The third-order valence-electron chi connectivity index (χ3n) is 5.10.